The highest BCUT2D eigenvalue weighted by atomic mass is 19.3. The number of nitrogens with one attached hydrogen (secondary N) is 1. The molecule has 7 nitrogen and oxygen atoms in total. The largest absolute Gasteiger partial charge is 0.586 e. The van der Waals surface area contributed by atoms with Gasteiger partial charge in [-0.3, -0.25) is 4.79 Å². The summed E-state index contributed by atoms with van der Waals surface area (Å²) in [6, 6.07) is 20.1. The van der Waals surface area contributed by atoms with Gasteiger partial charge in [0.2, 0.25) is 5.60 Å². The van der Waals surface area contributed by atoms with Crippen molar-refractivity contribution in [3.05, 3.63) is 90.0 Å². The van der Waals surface area contributed by atoms with Gasteiger partial charge in [-0.1, -0.05) is 60.7 Å². The second-order valence-corrected chi connectivity index (χ2v) is 6.90. The number of esters is 1. The van der Waals surface area contributed by atoms with E-state index >= 15 is 0 Å². The van der Waals surface area contributed by atoms with Crippen molar-refractivity contribution in [1.82, 2.24) is 0 Å². The average Bonchev–Trinajstić information content (AvgIpc) is 3.11. The number of rotatable bonds is 6. The van der Waals surface area contributed by atoms with E-state index in [-0.39, 0.29) is 28.3 Å². The van der Waals surface area contributed by atoms with E-state index in [4.69, 9.17) is 4.74 Å². The van der Waals surface area contributed by atoms with Crippen molar-refractivity contribution in [1.29, 1.82) is 0 Å². The molecule has 0 unspecified atom stereocenters. The van der Waals surface area contributed by atoms with Gasteiger partial charge in [0.1, 0.15) is 0 Å². The van der Waals surface area contributed by atoms with Crippen LogP contribution in [0.1, 0.15) is 11.1 Å². The average molecular weight is 441 g/mol. The molecule has 0 bridgehead atoms. The van der Waals surface area contributed by atoms with E-state index in [9.17, 15) is 23.5 Å². The third kappa shape index (κ3) is 4.23. The van der Waals surface area contributed by atoms with Crippen LogP contribution in [0.4, 0.5) is 14.5 Å². The second-order valence-electron chi connectivity index (χ2n) is 6.90. The minimum absolute atomic E-state index is 0.132. The lowest BCUT2D eigenvalue weighted by molar-refractivity contribution is -0.286. The van der Waals surface area contributed by atoms with Gasteiger partial charge in [-0.2, -0.15) is 0 Å². The monoisotopic (exact) mass is 441 g/mol. The summed E-state index contributed by atoms with van der Waals surface area (Å²) in [7, 11) is 0. The number of carbonyl (C=O) groups excluding carboxylic acids is 2. The van der Waals surface area contributed by atoms with Gasteiger partial charge in [0.25, 0.3) is 5.91 Å². The number of aliphatic hydroxyl groups is 1. The van der Waals surface area contributed by atoms with Crippen LogP contribution in [0.15, 0.2) is 78.9 Å². The van der Waals surface area contributed by atoms with Gasteiger partial charge in [0.05, 0.1) is 0 Å². The maximum atomic E-state index is 13.1. The maximum Gasteiger partial charge on any atom is 0.586 e. The van der Waals surface area contributed by atoms with Crippen molar-refractivity contribution in [2.24, 2.45) is 0 Å². The Balaban J connectivity index is 1.46. The Hall–Kier alpha value is -3.98. The molecular weight excluding hydrogens is 424 g/mol. The first kappa shape index (κ1) is 21.3. The molecule has 3 aromatic carbocycles. The number of halogens is 2. The van der Waals surface area contributed by atoms with Gasteiger partial charge in [-0.15, -0.1) is 8.78 Å². The highest BCUT2D eigenvalue weighted by Crippen LogP contribution is 2.42. The Labute approximate surface area is 181 Å². The molecule has 32 heavy (non-hydrogen) atoms. The molecule has 1 heterocycles. The van der Waals surface area contributed by atoms with Crippen LogP contribution in [0.3, 0.4) is 0 Å². The minimum Gasteiger partial charge on any atom is -0.453 e. The zero-order valence-electron chi connectivity index (χ0n) is 16.5. The lowest BCUT2D eigenvalue weighted by Crippen LogP contribution is -2.39. The van der Waals surface area contributed by atoms with Gasteiger partial charge >= 0.3 is 12.3 Å². The highest BCUT2D eigenvalue weighted by molar-refractivity contribution is 5.94. The third-order valence-corrected chi connectivity index (χ3v) is 4.70. The number of fused-ring (bicyclic) bond motifs is 1. The van der Waals surface area contributed by atoms with Crippen LogP contribution in [0.25, 0.3) is 0 Å². The Morgan fingerprint density at radius 2 is 1.47 bits per heavy atom. The molecular formula is C23H17F2NO6. The van der Waals surface area contributed by atoms with Crippen LogP contribution < -0.4 is 14.8 Å². The zero-order chi connectivity index (χ0) is 22.8. The van der Waals surface area contributed by atoms with Crippen molar-refractivity contribution in [3.8, 4) is 11.5 Å². The fourth-order valence-corrected chi connectivity index (χ4v) is 3.22. The number of anilines is 1. The summed E-state index contributed by atoms with van der Waals surface area (Å²) in [5, 5.41) is 13.7. The Morgan fingerprint density at radius 3 is 2.06 bits per heavy atom. The topological polar surface area (TPSA) is 94.1 Å². The summed E-state index contributed by atoms with van der Waals surface area (Å²) >= 11 is 0. The SMILES string of the molecule is O=C(COC(=O)C(O)(c1ccccc1)c1ccccc1)Nc1ccc2c(c1)OC(F)(F)O2. The molecule has 3 aromatic rings. The Bertz CT molecular complexity index is 1100. The molecule has 0 aromatic heterocycles. The van der Waals surface area contributed by atoms with Crippen LogP contribution in [0.5, 0.6) is 11.5 Å². The first-order valence-corrected chi connectivity index (χ1v) is 9.48. The molecule has 164 valence electrons. The third-order valence-electron chi connectivity index (χ3n) is 4.70. The van der Waals surface area contributed by atoms with Crippen LogP contribution in [-0.2, 0) is 19.9 Å². The Kier molecular flexibility index (Phi) is 5.50. The van der Waals surface area contributed by atoms with Crippen molar-refractivity contribution < 1.29 is 37.7 Å². The molecule has 0 fully saturated rings. The number of amides is 1. The van der Waals surface area contributed by atoms with Crippen LogP contribution in [0.2, 0.25) is 0 Å². The van der Waals surface area contributed by atoms with Crippen LogP contribution in [-0.4, -0.2) is 29.9 Å². The van der Waals surface area contributed by atoms with Crippen molar-refractivity contribution in [3.63, 3.8) is 0 Å². The molecule has 2 N–H and O–H groups in total. The van der Waals surface area contributed by atoms with E-state index in [0.29, 0.717) is 0 Å². The smallest absolute Gasteiger partial charge is 0.453 e. The van der Waals surface area contributed by atoms with Gasteiger partial charge < -0.3 is 24.6 Å². The summed E-state index contributed by atoms with van der Waals surface area (Å²) in [5.41, 5.74) is -1.46. The van der Waals surface area contributed by atoms with Crippen LogP contribution >= 0.6 is 0 Å². The lowest BCUT2D eigenvalue weighted by atomic mass is 9.86. The lowest BCUT2D eigenvalue weighted by Gasteiger charge is -2.26. The molecule has 1 aliphatic heterocycles. The van der Waals surface area contributed by atoms with Gasteiger partial charge in [-0.05, 0) is 23.3 Å². The summed E-state index contributed by atoms with van der Waals surface area (Å²) in [6.45, 7) is -0.717. The van der Waals surface area contributed by atoms with Gasteiger partial charge in [0.15, 0.2) is 18.1 Å². The molecule has 0 saturated heterocycles. The van der Waals surface area contributed by atoms with E-state index < -0.39 is 30.4 Å². The van der Waals surface area contributed by atoms with E-state index in [0.717, 1.165) is 6.07 Å². The minimum atomic E-state index is -3.78. The van der Waals surface area contributed by atoms with E-state index in [1.807, 2.05) is 0 Å². The number of hydrogen-bond donors (Lipinski definition) is 2. The molecule has 0 aliphatic carbocycles. The number of ether oxygens (including phenoxy) is 3. The predicted octanol–water partition coefficient (Wildman–Crippen LogP) is 3.43. The normalized spacial score (nSPS) is 14.0. The molecule has 4 rings (SSSR count). The molecule has 9 heteroatoms. The first-order valence-electron chi connectivity index (χ1n) is 9.48. The van der Waals surface area contributed by atoms with Gasteiger partial charge in [0, 0.05) is 11.8 Å². The predicted molar refractivity (Wildman–Crippen MR) is 108 cm³/mol. The standard InChI is InChI=1S/C23H17F2NO6/c24-23(25)31-18-12-11-17(13-19(18)32-23)26-20(27)14-30-21(28)22(29,15-7-3-1-4-8-15)16-9-5-2-6-10-16/h1-13,29H,14H2,(H,26,27). The number of benzene rings is 3. The molecule has 0 atom stereocenters. The van der Waals surface area contributed by atoms with Crippen molar-refractivity contribution in [2.45, 2.75) is 11.9 Å². The molecule has 1 aliphatic rings. The quantitative estimate of drug-likeness (QED) is 0.570. The fourth-order valence-electron chi connectivity index (χ4n) is 3.22. The number of hydrogen-bond acceptors (Lipinski definition) is 6. The van der Waals surface area contributed by atoms with E-state index in [1.54, 1.807) is 60.7 Å². The van der Waals surface area contributed by atoms with Crippen molar-refractivity contribution in [2.75, 3.05) is 11.9 Å². The number of carbonyl (C=O) groups is 2. The highest BCUT2D eigenvalue weighted by Gasteiger charge is 2.44. The Morgan fingerprint density at radius 1 is 0.906 bits per heavy atom. The summed E-state index contributed by atoms with van der Waals surface area (Å²) < 4.78 is 40.0. The second kappa shape index (κ2) is 8.27. The number of alkyl halides is 2. The van der Waals surface area contributed by atoms with Gasteiger partial charge in [-0.25, -0.2) is 4.79 Å². The molecule has 0 radical (unpaired) electrons. The first-order chi connectivity index (χ1) is 15.3. The van der Waals surface area contributed by atoms with E-state index in [2.05, 4.69) is 14.8 Å². The van der Waals surface area contributed by atoms with E-state index in [1.165, 1.54) is 12.1 Å². The summed E-state index contributed by atoms with van der Waals surface area (Å²) in [5.74, 6) is -2.20. The van der Waals surface area contributed by atoms with Crippen LogP contribution in [0, 0.1) is 0 Å². The zero-order valence-corrected chi connectivity index (χ0v) is 16.5. The maximum absolute atomic E-state index is 13.1. The molecule has 0 spiro atoms. The summed E-state index contributed by atoms with van der Waals surface area (Å²) in [4.78, 5) is 25.1. The summed E-state index contributed by atoms with van der Waals surface area (Å²) in [6.07, 6.45) is -3.78. The van der Waals surface area contributed by atoms with Crippen molar-refractivity contribution >= 4 is 17.6 Å². The molecule has 1 amide bonds. The fraction of sp³-hybridized carbons (Fsp3) is 0.130. The molecule has 0 saturated carbocycles.